The van der Waals surface area contributed by atoms with E-state index in [0.717, 1.165) is 11.4 Å². The van der Waals surface area contributed by atoms with Gasteiger partial charge in [-0.3, -0.25) is 4.98 Å². The molecule has 2 aromatic rings. The van der Waals surface area contributed by atoms with Crippen molar-refractivity contribution in [2.75, 3.05) is 12.4 Å². The van der Waals surface area contributed by atoms with Crippen LogP contribution in [0.2, 0.25) is 0 Å². The van der Waals surface area contributed by atoms with Gasteiger partial charge in [0.05, 0.1) is 24.9 Å². The van der Waals surface area contributed by atoms with Crippen molar-refractivity contribution in [1.82, 2.24) is 4.98 Å². The molecule has 0 spiro atoms. The van der Waals surface area contributed by atoms with Crippen LogP contribution >= 0.6 is 15.9 Å². The average molecular weight is 339 g/mol. The first-order valence-corrected chi connectivity index (χ1v) is 6.61. The zero-order valence-corrected chi connectivity index (χ0v) is 12.3. The van der Waals surface area contributed by atoms with E-state index < -0.39 is 5.97 Å². The van der Waals surface area contributed by atoms with Gasteiger partial charge in [-0.1, -0.05) is 0 Å². The number of methoxy groups -OCH3 is 1. The molecule has 0 unspecified atom stereocenters. The van der Waals surface area contributed by atoms with Crippen molar-refractivity contribution in [1.29, 1.82) is 0 Å². The largest absolute Gasteiger partial charge is 0.465 e. The van der Waals surface area contributed by atoms with Crippen molar-refractivity contribution < 1.29 is 13.9 Å². The number of carbonyl (C=O) groups is 1. The Hall–Kier alpha value is -1.95. The Kier molecular flexibility index (Phi) is 4.68. The van der Waals surface area contributed by atoms with Gasteiger partial charge < -0.3 is 10.1 Å². The maximum atomic E-state index is 13.0. The van der Waals surface area contributed by atoms with Crippen molar-refractivity contribution in [2.24, 2.45) is 0 Å². The number of halogens is 2. The lowest BCUT2D eigenvalue weighted by molar-refractivity contribution is 0.0600. The Labute approximate surface area is 124 Å². The molecule has 0 aliphatic heterocycles. The maximum Gasteiger partial charge on any atom is 0.339 e. The van der Waals surface area contributed by atoms with Crippen molar-refractivity contribution in [2.45, 2.75) is 6.54 Å². The second-order valence-electron chi connectivity index (χ2n) is 4.01. The molecule has 20 heavy (non-hydrogen) atoms. The highest BCUT2D eigenvalue weighted by atomic mass is 79.9. The lowest BCUT2D eigenvalue weighted by Gasteiger charge is -2.08. The third-order valence-electron chi connectivity index (χ3n) is 2.64. The number of esters is 1. The van der Waals surface area contributed by atoms with Crippen LogP contribution in [0.4, 0.5) is 10.1 Å². The number of nitrogens with one attached hydrogen (secondary N) is 1. The van der Waals surface area contributed by atoms with Crippen LogP contribution in [0, 0.1) is 5.82 Å². The van der Waals surface area contributed by atoms with Crippen LogP contribution in [-0.4, -0.2) is 18.1 Å². The molecule has 4 nitrogen and oxygen atoms in total. The fourth-order valence-electron chi connectivity index (χ4n) is 1.59. The number of carbonyl (C=O) groups excluding carboxylic acids is 1. The predicted octanol–water partition coefficient (Wildman–Crippen LogP) is 3.38. The molecule has 0 fully saturated rings. The summed E-state index contributed by atoms with van der Waals surface area (Å²) < 4.78 is 18.2. The highest BCUT2D eigenvalue weighted by Gasteiger charge is 2.06. The molecule has 0 saturated carbocycles. The molecule has 1 N–H and O–H groups in total. The second-order valence-corrected chi connectivity index (χ2v) is 4.86. The molecule has 0 aliphatic carbocycles. The predicted molar refractivity (Wildman–Crippen MR) is 77.0 cm³/mol. The van der Waals surface area contributed by atoms with Crippen LogP contribution in [0.3, 0.4) is 0 Å². The fourth-order valence-corrected chi connectivity index (χ4v) is 2.08. The Morgan fingerprint density at radius 2 is 2.20 bits per heavy atom. The fraction of sp³-hybridized carbons (Fsp3) is 0.143. The third-order valence-corrected chi connectivity index (χ3v) is 3.29. The Balaban J connectivity index is 2.02. The molecule has 1 heterocycles. The summed E-state index contributed by atoms with van der Waals surface area (Å²) in [5.74, 6) is -0.721. The molecule has 0 amide bonds. The first-order chi connectivity index (χ1) is 9.60. The highest BCUT2D eigenvalue weighted by Crippen LogP contribution is 2.23. The SMILES string of the molecule is COC(=O)c1ccc(CNc2ccc(F)cc2Br)nc1. The molecule has 0 atom stereocenters. The summed E-state index contributed by atoms with van der Waals surface area (Å²) in [4.78, 5) is 15.4. The van der Waals surface area contributed by atoms with Gasteiger partial charge in [-0.05, 0) is 46.3 Å². The molecular formula is C14H12BrFN2O2. The first kappa shape index (κ1) is 14.5. The van der Waals surface area contributed by atoms with Gasteiger partial charge in [0.25, 0.3) is 0 Å². The summed E-state index contributed by atoms with van der Waals surface area (Å²) >= 11 is 3.28. The van der Waals surface area contributed by atoms with Crippen molar-refractivity contribution in [3.8, 4) is 0 Å². The van der Waals surface area contributed by atoms with Gasteiger partial charge in [0.15, 0.2) is 0 Å². The second kappa shape index (κ2) is 6.47. The zero-order chi connectivity index (χ0) is 14.5. The van der Waals surface area contributed by atoms with Gasteiger partial charge in [-0.25, -0.2) is 9.18 Å². The molecule has 0 radical (unpaired) electrons. The third kappa shape index (κ3) is 3.54. The quantitative estimate of drug-likeness (QED) is 0.868. The van der Waals surface area contributed by atoms with Crippen LogP contribution in [0.25, 0.3) is 0 Å². The Morgan fingerprint density at radius 1 is 1.40 bits per heavy atom. The van der Waals surface area contributed by atoms with E-state index >= 15 is 0 Å². The van der Waals surface area contributed by atoms with Crippen LogP contribution in [-0.2, 0) is 11.3 Å². The van der Waals surface area contributed by atoms with Crippen LogP contribution in [0.5, 0.6) is 0 Å². The van der Waals surface area contributed by atoms with Gasteiger partial charge in [-0.15, -0.1) is 0 Å². The molecule has 0 bridgehead atoms. The van der Waals surface area contributed by atoms with Crippen molar-refractivity contribution in [3.63, 3.8) is 0 Å². The minimum atomic E-state index is -0.418. The van der Waals surface area contributed by atoms with Gasteiger partial charge in [0.2, 0.25) is 0 Å². The number of pyridine rings is 1. The first-order valence-electron chi connectivity index (χ1n) is 5.82. The van der Waals surface area contributed by atoms with Gasteiger partial charge in [0.1, 0.15) is 5.82 Å². The number of anilines is 1. The minimum Gasteiger partial charge on any atom is -0.465 e. The Morgan fingerprint density at radius 3 is 2.80 bits per heavy atom. The van der Waals surface area contributed by atoms with Crippen LogP contribution < -0.4 is 5.32 Å². The standard InChI is InChI=1S/C14H12BrFN2O2/c1-20-14(19)9-2-4-11(17-7-9)8-18-13-5-3-10(16)6-12(13)15/h2-7,18H,8H2,1H3. The molecule has 2 rings (SSSR count). The number of benzene rings is 1. The monoisotopic (exact) mass is 338 g/mol. The lowest BCUT2D eigenvalue weighted by atomic mass is 10.2. The highest BCUT2D eigenvalue weighted by molar-refractivity contribution is 9.10. The summed E-state index contributed by atoms with van der Waals surface area (Å²) in [6.07, 6.45) is 1.46. The topological polar surface area (TPSA) is 51.2 Å². The summed E-state index contributed by atoms with van der Waals surface area (Å²) in [6.45, 7) is 0.464. The number of hydrogen-bond donors (Lipinski definition) is 1. The van der Waals surface area contributed by atoms with E-state index in [-0.39, 0.29) is 5.82 Å². The summed E-state index contributed by atoms with van der Waals surface area (Å²) in [5.41, 5.74) is 1.93. The summed E-state index contributed by atoms with van der Waals surface area (Å²) in [7, 11) is 1.32. The number of aromatic nitrogens is 1. The molecule has 1 aromatic heterocycles. The van der Waals surface area contributed by atoms with E-state index in [1.807, 2.05) is 0 Å². The molecule has 0 saturated heterocycles. The smallest absolute Gasteiger partial charge is 0.339 e. The lowest BCUT2D eigenvalue weighted by Crippen LogP contribution is -2.05. The van der Waals surface area contributed by atoms with E-state index in [9.17, 15) is 9.18 Å². The summed E-state index contributed by atoms with van der Waals surface area (Å²) in [5, 5.41) is 3.13. The normalized spacial score (nSPS) is 10.2. The van der Waals surface area contributed by atoms with Gasteiger partial charge in [-0.2, -0.15) is 0 Å². The van der Waals surface area contributed by atoms with Gasteiger partial charge >= 0.3 is 5.97 Å². The molecular weight excluding hydrogens is 327 g/mol. The van der Waals surface area contributed by atoms with E-state index in [1.54, 1.807) is 18.2 Å². The Bertz CT molecular complexity index is 617. The summed E-state index contributed by atoms with van der Waals surface area (Å²) in [6, 6.07) is 7.78. The number of rotatable bonds is 4. The minimum absolute atomic E-state index is 0.303. The molecule has 104 valence electrons. The molecule has 0 aliphatic rings. The van der Waals surface area contributed by atoms with Crippen LogP contribution in [0.1, 0.15) is 16.1 Å². The van der Waals surface area contributed by atoms with Crippen LogP contribution in [0.15, 0.2) is 41.0 Å². The van der Waals surface area contributed by atoms with E-state index in [1.165, 1.54) is 25.4 Å². The zero-order valence-electron chi connectivity index (χ0n) is 10.7. The molecule has 6 heteroatoms. The average Bonchev–Trinajstić information content (AvgIpc) is 2.46. The van der Waals surface area contributed by atoms with Gasteiger partial charge in [0, 0.05) is 16.4 Å². The number of nitrogens with zero attached hydrogens (tertiary/aromatic N) is 1. The van der Waals surface area contributed by atoms with E-state index in [0.29, 0.717) is 16.6 Å². The van der Waals surface area contributed by atoms with E-state index in [2.05, 4.69) is 31.0 Å². The number of hydrogen-bond acceptors (Lipinski definition) is 4. The maximum absolute atomic E-state index is 13.0. The molecule has 1 aromatic carbocycles. The van der Waals surface area contributed by atoms with E-state index in [4.69, 9.17) is 0 Å². The number of ether oxygens (including phenoxy) is 1. The van der Waals surface area contributed by atoms with Crippen molar-refractivity contribution >= 4 is 27.6 Å². The van der Waals surface area contributed by atoms with Crippen molar-refractivity contribution in [3.05, 3.63) is 58.1 Å².